The van der Waals surface area contributed by atoms with Gasteiger partial charge in [0.1, 0.15) is 5.82 Å². The van der Waals surface area contributed by atoms with Gasteiger partial charge < -0.3 is 9.47 Å². The Labute approximate surface area is 233 Å². The molecule has 2 aliphatic rings. The highest BCUT2D eigenvalue weighted by molar-refractivity contribution is 7.97. The van der Waals surface area contributed by atoms with Crippen molar-refractivity contribution in [3.05, 3.63) is 113 Å². The van der Waals surface area contributed by atoms with E-state index in [4.69, 9.17) is 11.6 Å². The first kappa shape index (κ1) is 25.2. The third-order valence-corrected chi connectivity index (χ3v) is 8.87. The summed E-state index contributed by atoms with van der Waals surface area (Å²) in [4.78, 5) is 21.7. The average molecular weight is 543 g/mol. The Balaban J connectivity index is 1.27. The standard InChI is InChI=1S/C31H31ClN4OS/c1-35-17-16-33-30(35)20-36(31(37)28-19-26(28)22-10-13-23(32)14-11-22)24-15-12-21-6-5-9-29(27(21)18-24)34-38-25-7-3-2-4-8-25/h2-4,7-8,10-18,26,28-29,34H,5-6,9,19-20H2,1H3/t26-,28+,29?/m1/s1. The van der Waals surface area contributed by atoms with Gasteiger partial charge in [0, 0.05) is 47.0 Å². The number of rotatable bonds is 8. The van der Waals surface area contributed by atoms with Crippen molar-refractivity contribution in [2.75, 3.05) is 4.90 Å². The molecule has 1 N–H and O–H groups in total. The van der Waals surface area contributed by atoms with Crippen LogP contribution in [0.2, 0.25) is 5.02 Å². The Morgan fingerprint density at radius 2 is 1.95 bits per heavy atom. The molecule has 1 fully saturated rings. The van der Waals surface area contributed by atoms with Crippen LogP contribution in [0.15, 0.2) is 90.1 Å². The Kier molecular flexibility index (Phi) is 7.28. The summed E-state index contributed by atoms with van der Waals surface area (Å²) in [6.07, 6.45) is 7.88. The second kappa shape index (κ2) is 11.0. The number of nitrogens with one attached hydrogen (secondary N) is 1. The number of fused-ring (bicyclic) bond motifs is 1. The minimum absolute atomic E-state index is 0.0324. The van der Waals surface area contributed by atoms with Gasteiger partial charge in [0.2, 0.25) is 5.91 Å². The van der Waals surface area contributed by atoms with E-state index >= 15 is 0 Å². The van der Waals surface area contributed by atoms with Crippen LogP contribution in [0.25, 0.3) is 0 Å². The molecule has 2 aliphatic carbocycles. The number of anilines is 1. The number of carbonyl (C=O) groups is 1. The Morgan fingerprint density at radius 1 is 1.13 bits per heavy atom. The van der Waals surface area contributed by atoms with Gasteiger partial charge in [-0.25, -0.2) is 4.98 Å². The maximum atomic E-state index is 14.0. The second-order valence-corrected chi connectivity index (χ2v) is 11.6. The van der Waals surface area contributed by atoms with Crippen LogP contribution >= 0.6 is 23.5 Å². The van der Waals surface area contributed by atoms with Crippen molar-refractivity contribution in [3.63, 3.8) is 0 Å². The van der Waals surface area contributed by atoms with Gasteiger partial charge in [-0.05, 0) is 96.6 Å². The molecule has 0 aliphatic heterocycles. The normalized spacial score (nSPS) is 20.1. The minimum atomic E-state index is -0.0324. The highest BCUT2D eigenvalue weighted by Gasteiger charge is 2.46. The number of amides is 1. The average Bonchev–Trinajstić information content (AvgIpc) is 3.65. The Hall–Kier alpha value is -3.06. The van der Waals surface area contributed by atoms with E-state index < -0.39 is 0 Å². The van der Waals surface area contributed by atoms with Crippen molar-refractivity contribution in [1.82, 2.24) is 14.3 Å². The number of nitrogens with zero attached hydrogens (tertiary/aromatic N) is 3. The summed E-state index contributed by atoms with van der Waals surface area (Å²) >= 11 is 7.77. The predicted octanol–water partition coefficient (Wildman–Crippen LogP) is 7.08. The topological polar surface area (TPSA) is 50.2 Å². The molecule has 5 nitrogen and oxygen atoms in total. The molecule has 1 aromatic heterocycles. The summed E-state index contributed by atoms with van der Waals surface area (Å²) in [5.41, 5.74) is 4.77. The predicted molar refractivity (Wildman–Crippen MR) is 154 cm³/mol. The van der Waals surface area contributed by atoms with E-state index in [1.807, 2.05) is 53.0 Å². The van der Waals surface area contributed by atoms with Crippen LogP contribution in [0.5, 0.6) is 0 Å². The molecule has 6 rings (SSSR count). The molecule has 0 bridgehead atoms. The summed E-state index contributed by atoms with van der Waals surface area (Å²) in [7, 11) is 1.98. The molecule has 1 saturated carbocycles. The first-order valence-electron chi connectivity index (χ1n) is 13.2. The van der Waals surface area contributed by atoms with Gasteiger partial charge in [-0.2, -0.15) is 0 Å². The third kappa shape index (κ3) is 5.39. The molecule has 38 heavy (non-hydrogen) atoms. The number of benzene rings is 3. The van der Waals surface area contributed by atoms with Gasteiger partial charge in [0.15, 0.2) is 0 Å². The molecule has 0 radical (unpaired) electrons. The zero-order valence-corrected chi connectivity index (χ0v) is 23.0. The smallest absolute Gasteiger partial charge is 0.231 e. The van der Waals surface area contributed by atoms with Crippen LogP contribution in [-0.2, 0) is 24.8 Å². The molecule has 1 heterocycles. The molecule has 0 saturated heterocycles. The molecule has 4 aromatic rings. The Bertz CT molecular complexity index is 1420. The fourth-order valence-electron chi connectivity index (χ4n) is 5.44. The fraction of sp³-hybridized carbons (Fsp3) is 0.290. The number of aromatic nitrogens is 2. The zero-order chi connectivity index (χ0) is 26.1. The number of carbonyl (C=O) groups excluding carboxylic acids is 1. The molecule has 0 spiro atoms. The van der Waals surface area contributed by atoms with E-state index in [9.17, 15) is 4.79 Å². The summed E-state index contributed by atoms with van der Waals surface area (Å²) < 4.78 is 5.69. The maximum absolute atomic E-state index is 14.0. The minimum Gasteiger partial charge on any atom is -0.337 e. The first-order chi connectivity index (χ1) is 18.6. The summed E-state index contributed by atoms with van der Waals surface area (Å²) in [5.74, 6) is 1.23. The highest BCUT2D eigenvalue weighted by Crippen LogP contribution is 2.49. The largest absolute Gasteiger partial charge is 0.337 e. The highest BCUT2D eigenvalue weighted by atomic mass is 35.5. The lowest BCUT2D eigenvalue weighted by molar-refractivity contribution is -0.120. The van der Waals surface area contributed by atoms with Crippen molar-refractivity contribution < 1.29 is 4.79 Å². The van der Waals surface area contributed by atoms with Crippen LogP contribution in [0.3, 0.4) is 0 Å². The van der Waals surface area contributed by atoms with Crippen LogP contribution in [0, 0.1) is 5.92 Å². The van der Waals surface area contributed by atoms with Gasteiger partial charge in [-0.1, -0.05) is 48.0 Å². The molecule has 1 amide bonds. The lowest BCUT2D eigenvalue weighted by atomic mass is 9.87. The molecule has 1 unspecified atom stereocenters. The fourth-order valence-corrected chi connectivity index (χ4v) is 6.38. The monoisotopic (exact) mass is 542 g/mol. The second-order valence-electron chi connectivity index (χ2n) is 10.2. The van der Waals surface area contributed by atoms with E-state index in [1.54, 1.807) is 18.1 Å². The van der Waals surface area contributed by atoms with E-state index in [2.05, 4.69) is 52.2 Å². The lowest BCUT2D eigenvalue weighted by Gasteiger charge is -2.29. The quantitative estimate of drug-likeness (QED) is 0.242. The number of halogens is 1. The molecule has 3 aromatic carbocycles. The van der Waals surface area contributed by atoms with Gasteiger partial charge in [0.25, 0.3) is 0 Å². The number of hydrogen-bond donors (Lipinski definition) is 1. The maximum Gasteiger partial charge on any atom is 0.231 e. The molecule has 3 atom stereocenters. The van der Waals surface area contributed by atoms with Gasteiger partial charge >= 0.3 is 0 Å². The summed E-state index contributed by atoms with van der Waals surface area (Å²) in [5, 5.41) is 0.719. The summed E-state index contributed by atoms with van der Waals surface area (Å²) in [6, 6.07) is 25.1. The van der Waals surface area contributed by atoms with Crippen molar-refractivity contribution in [2.45, 2.75) is 49.1 Å². The van der Waals surface area contributed by atoms with Crippen molar-refractivity contribution >= 4 is 35.1 Å². The third-order valence-electron chi connectivity index (χ3n) is 7.71. The van der Waals surface area contributed by atoms with Crippen LogP contribution in [-0.4, -0.2) is 15.5 Å². The van der Waals surface area contributed by atoms with Crippen molar-refractivity contribution in [3.8, 4) is 0 Å². The van der Waals surface area contributed by atoms with Gasteiger partial charge in [-0.3, -0.25) is 9.52 Å². The van der Waals surface area contributed by atoms with Crippen molar-refractivity contribution in [1.29, 1.82) is 0 Å². The van der Waals surface area contributed by atoms with E-state index in [-0.39, 0.29) is 23.8 Å². The summed E-state index contributed by atoms with van der Waals surface area (Å²) in [6.45, 7) is 0.446. The molecule has 194 valence electrons. The van der Waals surface area contributed by atoms with Crippen LogP contribution in [0.1, 0.15) is 53.7 Å². The number of imidazole rings is 1. The van der Waals surface area contributed by atoms with E-state index in [0.717, 1.165) is 42.2 Å². The lowest BCUT2D eigenvalue weighted by Crippen LogP contribution is -2.33. The first-order valence-corrected chi connectivity index (χ1v) is 14.4. The van der Waals surface area contributed by atoms with Crippen molar-refractivity contribution in [2.24, 2.45) is 13.0 Å². The molecular formula is C31H31ClN4OS. The number of aryl methyl sites for hydroxylation is 2. The van der Waals surface area contributed by atoms with Crippen LogP contribution < -0.4 is 9.62 Å². The Morgan fingerprint density at radius 3 is 2.71 bits per heavy atom. The SMILES string of the molecule is Cn1ccnc1CN(C(=O)[C@H]1C[C@@H]1c1ccc(Cl)cc1)c1ccc2c(c1)C(NSc1ccccc1)CCC2. The van der Waals surface area contributed by atoms with E-state index in [1.165, 1.54) is 21.6 Å². The van der Waals surface area contributed by atoms with Gasteiger partial charge in [-0.15, -0.1) is 0 Å². The van der Waals surface area contributed by atoms with Crippen LogP contribution in [0.4, 0.5) is 5.69 Å². The van der Waals surface area contributed by atoms with Gasteiger partial charge in [0.05, 0.1) is 6.54 Å². The zero-order valence-electron chi connectivity index (χ0n) is 21.4. The number of hydrogen-bond acceptors (Lipinski definition) is 4. The molecule has 7 heteroatoms. The molecular weight excluding hydrogens is 512 g/mol. The van der Waals surface area contributed by atoms with E-state index in [0.29, 0.717) is 6.54 Å².